The minimum Gasteiger partial charge on any atom is -0.507 e. The van der Waals surface area contributed by atoms with E-state index in [4.69, 9.17) is 4.74 Å². The first-order valence-electron chi connectivity index (χ1n) is 8.80. The van der Waals surface area contributed by atoms with E-state index in [-0.39, 0.29) is 0 Å². The highest BCUT2D eigenvalue weighted by Crippen LogP contribution is 2.22. The number of rotatable bonds is 4. The first-order valence-corrected chi connectivity index (χ1v) is 8.80. The molecule has 0 saturated carbocycles. The highest BCUT2D eigenvalue weighted by molar-refractivity contribution is 5.38. The van der Waals surface area contributed by atoms with Crippen molar-refractivity contribution in [2.24, 2.45) is 0 Å². The fourth-order valence-corrected chi connectivity index (χ4v) is 4.12. The van der Waals surface area contributed by atoms with Gasteiger partial charge in [-0.2, -0.15) is 0 Å². The van der Waals surface area contributed by atoms with E-state index in [1.54, 1.807) is 18.1 Å². The van der Waals surface area contributed by atoms with Crippen LogP contribution in [-0.2, 0) is 6.54 Å². The van der Waals surface area contributed by atoms with Crippen molar-refractivity contribution < 1.29 is 19.6 Å². The molecule has 3 N–H and O–H groups in total. The molecule has 0 radical (unpaired) electrons. The van der Waals surface area contributed by atoms with Crippen LogP contribution in [0.3, 0.4) is 0 Å². The van der Waals surface area contributed by atoms with Gasteiger partial charge in [-0.1, -0.05) is 0 Å². The third-order valence-corrected chi connectivity index (χ3v) is 5.49. The van der Waals surface area contributed by atoms with Crippen LogP contribution in [0.15, 0.2) is 18.2 Å². The first-order chi connectivity index (χ1) is 10.8. The zero-order valence-electron chi connectivity index (χ0n) is 13.7. The molecule has 2 heterocycles. The Morgan fingerprint density at radius 1 is 1.09 bits per heavy atom. The largest absolute Gasteiger partial charge is 0.507 e. The number of benzene rings is 1. The Morgan fingerprint density at radius 2 is 1.82 bits per heavy atom. The minimum atomic E-state index is 0.400. The van der Waals surface area contributed by atoms with Gasteiger partial charge in [0.2, 0.25) is 0 Å². The summed E-state index contributed by atoms with van der Waals surface area (Å²) in [6, 6.07) is 6.42. The monoisotopic (exact) mass is 306 g/mol. The van der Waals surface area contributed by atoms with Gasteiger partial charge in [-0.05, 0) is 37.5 Å². The van der Waals surface area contributed by atoms with E-state index in [2.05, 4.69) is 0 Å². The molecular weight excluding hydrogens is 276 g/mol. The van der Waals surface area contributed by atoms with Crippen LogP contribution >= 0.6 is 0 Å². The van der Waals surface area contributed by atoms with E-state index in [9.17, 15) is 5.11 Å². The molecular formula is C18H30N2O2+2. The van der Waals surface area contributed by atoms with E-state index in [1.165, 1.54) is 58.3 Å². The van der Waals surface area contributed by atoms with Gasteiger partial charge in [0.05, 0.1) is 44.9 Å². The Kier molecular flexibility index (Phi) is 5.21. The van der Waals surface area contributed by atoms with Gasteiger partial charge in [-0.3, -0.25) is 0 Å². The molecule has 1 aromatic rings. The van der Waals surface area contributed by atoms with Crippen molar-refractivity contribution in [3.05, 3.63) is 23.8 Å². The molecule has 0 aliphatic carbocycles. The predicted octanol–water partition coefficient (Wildman–Crippen LogP) is 0.0169. The Hall–Kier alpha value is -1.26. The van der Waals surface area contributed by atoms with Crippen LogP contribution < -0.4 is 14.5 Å². The Morgan fingerprint density at radius 3 is 2.50 bits per heavy atom. The number of hydrogen-bond donors (Lipinski definition) is 3. The van der Waals surface area contributed by atoms with Crippen molar-refractivity contribution in [2.75, 3.05) is 33.3 Å². The predicted molar refractivity (Wildman–Crippen MR) is 86.6 cm³/mol. The molecule has 0 amide bonds. The van der Waals surface area contributed by atoms with Crippen molar-refractivity contribution in [2.45, 2.75) is 44.7 Å². The topological polar surface area (TPSA) is 38.3 Å². The van der Waals surface area contributed by atoms with E-state index >= 15 is 0 Å². The van der Waals surface area contributed by atoms with Crippen molar-refractivity contribution in [3.8, 4) is 11.5 Å². The number of phenols is 1. The molecule has 4 nitrogen and oxygen atoms in total. The number of ether oxygens (including phenoxy) is 1. The van der Waals surface area contributed by atoms with Gasteiger partial charge in [0.1, 0.15) is 18.0 Å². The van der Waals surface area contributed by atoms with E-state index in [0.717, 1.165) is 23.9 Å². The fraction of sp³-hybridized carbons (Fsp3) is 0.667. The zero-order chi connectivity index (χ0) is 15.4. The number of nitrogens with one attached hydrogen (secondary N) is 2. The van der Waals surface area contributed by atoms with Crippen LogP contribution in [0.5, 0.6) is 11.5 Å². The lowest BCUT2D eigenvalue weighted by Crippen LogP contribution is -3.20. The minimum absolute atomic E-state index is 0.400. The second-order valence-electron chi connectivity index (χ2n) is 6.91. The quantitative estimate of drug-likeness (QED) is 0.734. The molecule has 0 spiro atoms. The lowest BCUT2D eigenvalue weighted by molar-refractivity contribution is -0.965. The maximum atomic E-state index is 10.0. The summed E-state index contributed by atoms with van der Waals surface area (Å²) in [7, 11) is 1.68. The van der Waals surface area contributed by atoms with Crippen LogP contribution in [0.4, 0.5) is 0 Å². The van der Waals surface area contributed by atoms with Crippen molar-refractivity contribution in [1.82, 2.24) is 0 Å². The van der Waals surface area contributed by atoms with Gasteiger partial charge in [-0.15, -0.1) is 0 Å². The first kappa shape index (κ1) is 15.6. The number of methoxy groups -OCH3 is 1. The Balaban J connectivity index is 1.53. The van der Waals surface area contributed by atoms with Crippen LogP contribution in [0, 0.1) is 0 Å². The Bertz CT molecular complexity index is 478. The summed E-state index contributed by atoms with van der Waals surface area (Å²) in [5.41, 5.74) is 1.01. The van der Waals surface area contributed by atoms with E-state index in [1.807, 2.05) is 17.0 Å². The van der Waals surface area contributed by atoms with E-state index < -0.39 is 0 Å². The SMILES string of the molecule is COc1ccc(O)c(C[NH+]2CCC([NH+]3CCCCC3)CC2)c1. The summed E-state index contributed by atoms with van der Waals surface area (Å²) >= 11 is 0. The van der Waals surface area contributed by atoms with E-state index in [0.29, 0.717) is 5.75 Å². The zero-order valence-corrected chi connectivity index (χ0v) is 13.7. The third-order valence-electron chi connectivity index (χ3n) is 5.49. The number of phenolic OH excluding ortho intramolecular Hbond substituents is 1. The molecule has 2 fully saturated rings. The normalized spacial score (nSPS) is 26.8. The summed E-state index contributed by atoms with van der Waals surface area (Å²) in [4.78, 5) is 3.45. The fourth-order valence-electron chi connectivity index (χ4n) is 4.12. The Labute approximate surface area is 133 Å². The number of aromatic hydroxyl groups is 1. The van der Waals surface area contributed by atoms with Crippen LogP contribution in [0.25, 0.3) is 0 Å². The van der Waals surface area contributed by atoms with Crippen molar-refractivity contribution in [3.63, 3.8) is 0 Å². The summed E-state index contributed by atoms with van der Waals surface area (Å²) in [6.45, 7) is 6.13. The number of hydrogen-bond acceptors (Lipinski definition) is 2. The molecule has 2 saturated heterocycles. The number of piperidine rings is 2. The van der Waals surface area contributed by atoms with Gasteiger partial charge in [-0.25, -0.2) is 0 Å². The van der Waals surface area contributed by atoms with Crippen LogP contribution in [0.2, 0.25) is 0 Å². The number of quaternary nitrogens is 2. The second kappa shape index (κ2) is 7.34. The lowest BCUT2D eigenvalue weighted by atomic mass is 9.99. The van der Waals surface area contributed by atoms with Gasteiger partial charge >= 0.3 is 0 Å². The molecule has 2 aliphatic rings. The number of likely N-dealkylation sites (tertiary alicyclic amines) is 2. The molecule has 122 valence electrons. The standard InChI is InChI=1S/C18H28N2O2/c1-22-17-5-6-18(21)15(13-17)14-19-11-7-16(8-12-19)20-9-3-2-4-10-20/h5-6,13,16,21H,2-4,7-12,14H2,1H3/p+2. The summed E-state index contributed by atoms with van der Waals surface area (Å²) < 4.78 is 5.27. The average molecular weight is 306 g/mol. The smallest absolute Gasteiger partial charge is 0.124 e. The van der Waals surface area contributed by atoms with Crippen molar-refractivity contribution >= 4 is 0 Å². The summed E-state index contributed by atoms with van der Waals surface area (Å²) in [5.74, 6) is 1.23. The van der Waals surface area contributed by atoms with Gasteiger partial charge in [0, 0.05) is 12.8 Å². The molecule has 0 bridgehead atoms. The molecule has 0 atom stereocenters. The highest BCUT2D eigenvalue weighted by atomic mass is 16.5. The maximum absolute atomic E-state index is 10.0. The molecule has 0 aromatic heterocycles. The molecule has 1 aromatic carbocycles. The summed E-state index contributed by atoms with van der Waals surface area (Å²) in [6.07, 6.45) is 6.92. The molecule has 22 heavy (non-hydrogen) atoms. The maximum Gasteiger partial charge on any atom is 0.124 e. The van der Waals surface area contributed by atoms with Gasteiger partial charge < -0.3 is 19.6 Å². The molecule has 3 rings (SSSR count). The van der Waals surface area contributed by atoms with Crippen LogP contribution in [-0.4, -0.2) is 44.4 Å². The van der Waals surface area contributed by atoms with Gasteiger partial charge in [0.25, 0.3) is 0 Å². The molecule has 4 heteroatoms. The third kappa shape index (κ3) is 3.73. The molecule has 0 unspecified atom stereocenters. The highest BCUT2D eigenvalue weighted by Gasteiger charge is 2.30. The van der Waals surface area contributed by atoms with Crippen LogP contribution in [0.1, 0.15) is 37.7 Å². The van der Waals surface area contributed by atoms with Crippen molar-refractivity contribution in [1.29, 1.82) is 0 Å². The lowest BCUT2D eigenvalue weighted by Gasteiger charge is -2.36. The second-order valence-corrected chi connectivity index (χ2v) is 6.91. The molecule has 2 aliphatic heterocycles. The summed E-state index contributed by atoms with van der Waals surface area (Å²) in [5, 5.41) is 10.0. The van der Waals surface area contributed by atoms with Gasteiger partial charge in [0.15, 0.2) is 0 Å². The average Bonchev–Trinajstić information content (AvgIpc) is 2.58.